The molecule has 1 aliphatic heterocycles. The Morgan fingerprint density at radius 3 is 2.62 bits per heavy atom. The van der Waals surface area contributed by atoms with E-state index in [0.29, 0.717) is 54.4 Å². The Morgan fingerprint density at radius 2 is 1.83 bits per heavy atom. The molecule has 0 aliphatic carbocycles. The Hall–Kier alpha value is -2.73. The summed E-state index contributed by atoms with van der Waals surface area (Å²) in [4.78, 5) is 11.2. The highest BCUT2D eigenvalue weighted by Crippen LogP contribution is 2.32. The first kappa shape index (κ1) is 14.8. The standard InChI is InChI=1S/C18H16FN3O2/c19-12-5-6-15-14(11-12)18(22-7-9-24-10-8-22)21-17(20-15)13-3-1-2-4-16(13)23/h1-6,11,23H,7-10H2. The van der Waals surface area contributed by atoms with E-state index >= 15 is 0 Å². The van der Waals surface area contributed by atoms with Gasteiger partial charge in [0, 0.05) is 18.5 Å². The van der Waals surface area contributed by atoms with E-state index in [2.05, 4.69) is 14.9 Å². The van der Waals surface area contributed by atoms with E-state index in [1.165, 1.54) is 12.1 Å². The molecule has 6 heteroatoms. The quantitative estimate of drug-likeness (QED) is 0.785. The number of phenolic OH excluding ortho intramolecular Hbond substituents is 1. The topological polar surface area (TPSA) is 58.5 Å². The number of hydrogen-bond donors (Lipinski definition) is 1. The summed E-state index contributed by atoms with van der Waals surface area (Å²) < 4.78 is 19.1. The normalized spacial score (nSPS) is 15.0. The van der Waals surface area contributed by atoms with Crippen LogP contribution in [0.2, 0.25) is 0 Å². The fourth-order valence-corrected chi connectivity index (χ4v) is 2.88. The molecule has 0 amide bonds. The van der Waals surface area contributed by atoms with Crippen molar-refractivity contribution >= 4 is 16.7 Å². The van der Waals surface area contributed by atoms with Crippen molar-refractivity contribution < 1.29 is 14.2 Å². The van der Waals surface area contributed by atoms with Gasteiger partial charge in [-0.05, 0) is 30.3 Å². The highest BCUT2D eigenvalue weighted by atomic mass is 19.1. The van der Waals surface area contributed by atoms with Crippen molar-refractivity contribution in [3.63, 3.8) is 0 Å². The van der Waals surface area contributed by atoms with Crippen LogP contribution in [0.3, 0.4) is 0 Å². The van der Waals surface area contributed by atoms with Gasteiger partial charge in [-0.15, -0.1) is 0 Å². The van der Waals surface area contributed by atoms with Gasteiger partial charge in [0.25, 0.3) is 0 Å². The molecule has 0 bridgehead atoms. The maximum Gasteiger partial charge on any atom is 0.165 e. The lowest BCUT2D eigenvalue weighted by atomic mass is 10.1. The molecule has 122 valence electrons. The lowest BCUT2D eigenvalue weighted by molar-refractivity contribution is 0.122. The Balaban J connectivity index is 1.93. The van der Waals surface area contributed by atoms with Gasteiger partial charge in [-0.2, -0.15) is 0 Å². The first-order valence-electron chi connectivity index (χ1n) is 7.81. The van der Waals surface area contributed by atoms with Crippen LogP contribution in [0.15, 0.2) is 42.5 Å². The Bertz CT molecular complexity index is 895. The molecule has 0 atom stereocenters. The second-order valence-electron chi connectivity index (χ2n) is 5.65. The van der Waals surface area contributed by atoms with E-state index in [9.17, 15) is 9.50 Å². The van der Waals surface area contributed by atoms with Crippen LogP contribution < -0.4 is 4.90 Å². The zero-order valence-electron chi connectivity index (χ0n) is 12.9. The first-order valence-corrected chi connectivity index (χ1v) is 7.81. The number of morpholine rings is 1. The molecule has 2 heterocycles. The van der Waals surface area contributed by atoms with Crippen molar-refractivity contribution in [2.75, 3.05) is 31.2 Å². The van der Waals surface area contributed by atoms with E-state index in [1.54, 1.807) is 24.3 Å². The number of benzene rings is 2. The number of hydrogen-bond acceptors (Lipinski definition) is 5. The maximum atomic E-state index is 13.7. The minimum atomic E-state index is -0.323. The van der Waals surface area contributed by atoms with Crippen molar-refractivity contribution in [3.8, 4) is 17.1 Å². The number of ether oxygens (including phenoxy) is 1. The lowest BCUT2D eigenvalue weighted by Crippen LogP contribution is -2.37. The third-order valence-corrected chi connectivity index (χ3v) is 4.09. The number of fused-ring (bicyclic) bond motifs is 1. The monoisotopic (exact) mass is 325 g/mol. The molecule has 0 unspecified atom stereocenters. The molecule has 0 spiro atoms. The van der Waals surface area contributed by atoms with Crippen LogP contribution in [0.5, 0.6) is 5.75 Å². The van der Waals surface area contributed by atoms with E-state index in [4.69, 9.17) is 4.74 Å². The van der Waals surface area contributed by atoms with Gasteiger partial charge in [-0.3, -0.25) is 0 Å². The number of anilines is 1. The largest absolute Gasteiger partial charge is 0.507 e. The molecule has 1 saturated heterocycles. The molecule has 0 saturated carbocycles. The SMILES string of the molecule is Oc1ccccc1-c1nc(N2CCOCC2)c2cc(F)ccc2n1. The van der Waals surface area contributed by atoms with Gasteiger partial charge in [0.2, 0.25) is 0 Å². The minimum Gasteiger partial charge on any atom is -0.507 e. The molecular formula is C18H16FN3O2. The van der Waals surface area contributed by atoms with Crippen molar-refractivity contribution in [2.45, 2.75) is 0 Å². The molecule has 3 aromatic rings. The van der Waals surface area contributed by atoms with E-state index in [-0.39, 0.29) is 11.6 Å². The van der Waals surface area contributed by atoms with Crippen molar-refractivity contribution in [1.29, 1.82) is 0 Å². The number of aromatic hydroxyl groups is 1. The van der Waals surface area contributed by atoms with Crippen LogP contribution in [0.25, 0.3) is 22.3 Å². The summed E-state index contributed by atoms with van der Waals surface area (Å²) in [6.07, 6.45) is 0. The zero-order chi connectivity index (χ0) is 16.5. The third-order valence-electron chi connectivity index (χ3n) is 4.09. The Morgan fingerprint density at radius 1 is 1.04 bits per heavy atom. The van der Waals surface area contributed by atoms with Crippen LogP contribution in [0, 0.1) is 5.82 Å². The van der Waals surface area contributed by atoms with Gasteiger partial charge in [0.05, 0.1) is 24.3 Å². The predicted molar refractivity (Wildman–Crippen MR) is 89.6 cm³/mol. The van der Waals surface area contributed by atoms with Crippen LogP contribution >= 0.6 is 0 Å². The average molecular weight is 325 g/mol. The summed E-state index contributed by atoms with van der Waals surface area (Å²) in [5, 5.41) is 10.8. The van der Waals surface area contributed by atoms with Crippen LogP contribution in [0.1, 0.15) is 0 Å². The van der Waals surface area contributed by atoms with Gasteiger partial charge in [-0.25, -0.2) is 14.4 Å². The van der Waals surface area contributed by atoms with Gasteiger partial charge < -0.3 is 14.7 Å². The summed E-state index contributed by atoms with van der Waals surface area (Å²) in [6, 6.07) is 11.4. The molecule has 0 radical (unpaired) electrons. The average Bonchev–Trinajstić information content (AvgIpc) is 2.62. The summed E-state index contributed by atoms with van der Waals surface area (Å²) in [5.74, 6) is 0.887. The molecule has 1 aromatic heterocycles. The summed E-state index contributed by atoms with van der Waals surface area (Å²) in [6.45, 7) is 2.57. The smallest absolute Gasteiger partial charge is 0.165 e. The number of nitrogens with zero attached hydrogens (tertiary/aromatic N) is 3. The van der Waals surface area contributed by atoms with E-state index in [1.807, 2.05) is 6.07 Å². The van der Waals surface area contributed by atoms with E-state index < -0.39 is 0 Å². The highest BCUT2D eigenvalue weighted by molar-refractivity contribution is 5.91. The second-order valence-corrected chi connectivity index (χ2v) is 5.65. The summed E-state index contributed by atoms with van der Waals surface area (Å²) in [5.41, 5.74) is 1.20. The fourth-order valence-electron chi connectivity index (χ4n) is 2.88. The number of halogens is 1. The van der Waals surface area contributed by atoms with Gasteiger partial charge in [-0.1, -0.05) is 12.1 Å². The molecule has 1 N–H and O–H groups in total. The Kier molecular flexibility index (Phi) is 3.74. The molecule has 4 rings (SSSR count). The first-order chi connectivity index (χ1) is 11.7. The van der Waals surface area contributed by atoms with Crippen molar-refractivity contribution in [1.82, 2.24) is 9.97 Å². The van der Waals surface area contributed by atoms with Crippen LogP contribution in [-0.4, -0.2) is 41.4 Å². The van der Waals surface area contributed by atoms with Gasteiger partial charge in [0.15, 0.2) is 5.82 Å². The lowest BCUT2D eigenvalue weighted by Gasteiger charge is -2.29. The predicted octanol–water partition coefficient (Wildman–Crippen LogP) is 2.98. The minimum absolute atomic E-state index is 0.117. The molecule has 24 heavy (non-hydrogen) atoms. The Labute approximate surface area is 138 Å². The number of para-hydroxylation sites is 1. The van der Waals surface area contributed by atoms with Crippen molar-refractivity contribution in [2.24, 2.45) is 0 Å². The second kappa shape index (κ2) is 6.05. The van der Waals surface area contributed by atoms with Gasteiger partial charge >= 0.3 is 0 Å². The molecule has 5 nitrogen and oxygen atoms in total. The molecule has 1 fully saturated rings. The maximum absolute atomic E-state index is 13.7. The van der Waals surface area contributed by atoms with Crippen LogP contribution in [-0.2, 0) is 4.74 Å². The summed E-state index contributed by atoms with van der Waals surface area (Å²) >= 11 is 0. The van der Waals surface area contributed by atoms with Crippen molar-refractivity contribution in [3.05, 3.63) is 48.3 Å². The highest BCUT2D eigenvalue weighted by Gasteiger charge is 2.19. The number of rotatable bonds is 2. The fraction of sp³-hybridized carbons (Fsp3) is 0.222. The third kappa shape index (κ3) is 2.65. The zero-order valence-corrected chi connectivity index (χ0v) is 12.9. The number of phenols is 1. The molecular weight excluding hydrogens is 309 g/mol. The number of aromatic nitrogens is 2. The molecule has 1 aliphatic rings. The van der Waals surface area contributed by atoms with Crippen LogP contribution in [0.4, 0.5) is 10.2 Å². The van der Waals surface area contributed by atoms with E-state index in [0.717, 1.165) is 0 Å². The summed E-state index contributed by atoms with van der Waals surface area (Å²) in [7, 11) is 0. The molecule has 2 aromatic carbocycles. The van der Waals surface area contributed by atoms with Gasteiger partial charge in [0.1, 0.15) is 17.4 Å².